The Balaban J connectivity index is 2.49. The SMILES string of the molecule is CCC(C)c1nc2ccccc2o1. The van der Waals surface area contributed by atoms with E-state index in [1.54, 1.807) is 0 Å². The predicted octanol–water partition coefficient (Wildman–Crippen LogP) is 3.34. The third-order valence-electron chi connectivity index (χ3n) is 2.34. The Bertz CT molecular complexity index is 372. The van der Waals surface area contributed by atoms with Crippen LogP contribution in [-0.4, -0.2) is 4.98 Å². The summed E-state index contributed by atoms with van der Waals surface area (Å²) in [6.07, 6.45) is 1.06. The first-order valence-electron chi connectivity index (χ1n) is 4.66. The van der Waals surface area contributed by atoms with E-state index in [0.717, 1.165) is 23.4 Å². The largest absolute Gasteiger partial charge is 0.440 e. The van der Waals surface area contributed by atoms with Crippen molar-refractivity contribution in [2.75, 3.05) is 0 Å². The summed E-state index contributed by atoms with van der Waals surface area (Å²) in [7, 11) is 0. The number of nitrogens with zero attached hydrogens (tertiary/aromatic N) is 1. The number of benzene rings is 1. The molecule has 0 aliphatic rings. The first kappa shape index (κ1) is 8.30. The van der Waals surface area contributed by atoms with Gasteiger partial charge in [0.05, 0.1) is 0 Å². The van der Waals surface area contributed by atoms with E-state index >= 15 is 0 Å². The van der Waals surface area contributed by atoms with Crippen molar-refractivity contribution < 1.29 is 4.42 Å². The van der Waals surface area contributed by atoms with Gasteiger partial charge in [-0.05, 0) is 18.6 Å². The molecule has 1 heterocycles. The predicted molar refractivity (Wildman–Crippen MR) is 52.7 cm³/mol. The van der Waals surface area contributed by atoms with Crippen LogP contribution in [0.5, 0.6) is 0 Å². The summed E-state index contributed by atoms with van der Waals surface area (Å²) in [6, 6.07) is 7.87. The van der Waals surface area contributed by atoms with Gasteiger partial charge in [-0.1, -0.05) is 26.0 Å². The van der Waals surface area contributed by atoms with Gasteiger partial charge in [0, 0.05) is 5.92 Å². The van der Waals surface area contributed by atoms with Crippen LogP contribution < -0.4 is 0 Å². The first-order valence-corrected chi connectivity index (χ1v) is 4.66. The Morgan fingerprint density at radius 1 is 1.38 bits per heavy atom. The summed E-state index contributed by atoms with van der Waals surface area (Å²) in [5.41, 5.74) is 1.84. The van der Waals surface area contributed by atoms with Crippen molar-refractivity contribution in [1.82, 2.24) is 4.98 Å². The number of hydrogen-bond acceptors (Lipinski definition) is 2. The molecular weight excluding hydrogens is 162 g/mol. The molecule has 0 aliphatic heterocycles. The molecule has 2 aromatic rings. The molecule has 1 unspecified atom stereocenters. The van der Waals surface area contributed by atoms with Crippen molar-refractivity contribution >= 4 is 11.1 Å². The molecule has 1 atom stereocenters. The molecule has 0 radical (unpaired) electrons. The maximum absolute atomic E-state index is 5.61. The molecule has 0 fully saturated rings. The summed E-state index contributed by atoms with van der Waals surface area (Å²) in [5.74, 6) is 1.26. The molecule has 2 heteroatoms. The average molecular weight is 175 g/mol. The van der Waals surface area contributed by atoms with Gasteiger partial charge in [0.25, 0.3) is 0 Å². The Kier molecular flexibility index (Phi) is 2.05. The topological polar surface area (TPSA) is 26.0 Å². The molecule has 1 aromatic heterocycles. The maximum atomic E-state index is 5.61. The van der Waals surface area contributed by atoms with E-state index in [-0.39, 0.29) is 0 Å². The zero-order valence-corrected chi connectivity index (χ0v) is 7.95. The molecular formula is C11H13NO. The molecule has 1 aromatic carbocycles. The highest BCUT2D eigenvalue weighted by Crippen LogP contribution is 2.22. The van der Waals surface area contributed by atoms with Gasteiger partial charge in [0.1, 0.15) is 5.52 Å². The van der Waals surface area contributed by atoms with E-state index in [2.05, 4.69) is 18.8 Å². The standard InChI is InChI=1S/C11H13NO/c1-3-8(2)11-12-9-6-4-5-7-10(9)13-11/h4-8H,3H2,1-2H3. The summed E-state index contributed by atoms with van der Waals surface area (Å²) in [5, 5.41) is 0. The van der Waals surface area contributed by atoms with Crippen LogP contribution in [0.25, 0.3) is 11.1 Å². The van der Waals surface area contributed by atoms with Crippen molar-refractivity contribution in [1.29, 1.82) is 0 Å². The van der Waals surface area contributed by atoms with E-state index in [9.17, 15) is 0 Å². The zero-order chi connectivity index (χ0) is 9.26. The Labute approximate surface area is 77.6 Å². The number of hydrogen-bond donors (Lipinski definition) is 0. The fraction of sp³-hybridized carbons (Fsp3) is 0.364. The normalized spacial score (nSPS) is 13.4. The van der Waals surface area contributed by atoms with Gasteiger partial charge < -0.3 is 4.42 Å². The van der Waals surface area contributed by atoms with Crippen LogP contribution in [0.2, 0.25) is 0 Å². The van der Waals surface area contributed by atoms with Gasteiger partial charge in [-0.3, -0.25) is 0 Å². The third kappa shape index (κ3) is 1.44. The van der Waals surface area contributed by atoms with Crippen LogP contribution >= 0.6 is 0 Å². The van der Waals surface area contributed by atoms with E-state index < -0.39 is 0 Å². The number of fused-ring (bicyclic) bond motifs is 1. The molecule has 0 N–H and O–H groups in total. The molecule has 0 spiro atoms. The number of para-hydroxylation sites is 2. The quantitative estimate of drug-likeness (QED) is 0.699. The van der Waals surface area contributed by atoms with Crippen LogP contribution in [0.4, 0.5) is 0 Å². The third-order valence-corrected chi connectivity index (χ3v) is 2.34. The van der Waals surface area contributed by atoms with Crippen LogP contribution in [0.1, 0.15) is 32.1 Å². The lowest BCUT2D eigenvalue weighted by atomic mass is 10.1. The lowest BCUT2D eigenvalue weighted by Crippen LogP contribution is -1.89. The second-order valence-corrected chi connectivity index (χ2v) is 3.33. The first-order chi connectivity index (χ1) is 6.31. The fourth-order valence-electron chi connectivity index (χ4n) is 1.28. The number of rotatable bonds is 2. The maximum Gasteiger partial charge on any atom is 0.198 e. The van der Waals surface area contributed by atoms with Crippen LogP contribution in [0, 0.1) is 0 Å². The number of aromatic nitrogens is 1. The van der Waals surface area contributed by atoms with Crippen LogP contribution in [0.15, 0.2) is 28.7 Å². The van der Waals surface area contributed by atoms with Crippen molar-refractivity contribution in [2.24, 2.45) is 0 Å². The van der Waals surface area contributed by atoms with Crippen molar-refractivity contribution in [3.63, 3.8) is 0 Å². The second kappa shape index (κ2) is 3.21. The van der Waals surface area contributed by atoms with Gasteiger partial charge >= 0.3 is 0 Å². The van der Waals surface area contributed by atoms with Gasteiger partial charge in [-0.25, -0.2) is 4.98 Å². The molecule has 0 saturated heterocycles. The molecule has 13 heavy (non-hydrogen) atoms. The summed E-state index contributed by atoms with van der Waals surface area (Å²) in [6.45, 7) is 4.27. The molecule has 2 rings (SSSR count). The van der Waals surface area contributed by atoms with Crippen molar-refractivity contribution in [3.8, 4) is 0 Å². The van der Waals surface area contributed by atoms with Gasteiger partial charge in [-0.2, -0.15) is 0 Å². The monoisotopic (exact) mass is 175 g/mol. The molecule has 0 saturated carbocycles. The highest BCUT2D eigenvalue weighted by Gasteiger charge is 2.10. The number of oxazole rings is 1. The van der Waals surface area contributed by atoms with E-state index in [4.69, 9.17) is 4.42 Å². The highest BCUT2D eigenvalue weighted by molar-refractivity contribution is 5.72. The van der Waals surface area contributed by atoms with Crippen molar-refractivity contribution in [2.45, 2.75) is 26.2 Å². The molecule has 0 bridgehead atoms. The van der Waals surface area contributed by atoms with E-state index in [1.165, 1.54) is 0 Å². The van der Waals surface area contributed by atoms with Crippen molar-refractivity contribution in [3.05, 3.63) is 30.2 Å². The van der Waals surface area contributed by atoms with Gasteiger partial charge in [0.2, 0.25) is 0 Å². The Hall–Kier alpha value is -1.31. The smallest absolute Gasteiger partial charge is 0.198 e. The minimum absolute atomic E-state index is 0.410. The Morgan fingerprint density at radius 3 is 2.85 bits per heavy atom. The summed E-state index contributed by atoms with van der Waals surface area (Å²) < 4.78 is 5.61. The van der Waals surface area contributed by atoms with E-state index in [1.807, 2.05) is 24.3 Å². The van der Waals surface area contributed by atoms with Gasteiger partial charge in [0.15, 0.2) is 11.5 Å². The zero-order valence-electron chi connectivity index (χ0n) is 7.95. The molecule has 0 aliphatic carbocycles. The lowest BCUT2D eigenvalue weighted by molar-refractivity contribution is 0.479. The van der Waals surface area contributed by atoms with Crippen LogP contribution in [-0.2, 0) is 0 Å². The lowest BCUT2D eigenvalue weighted by Gasteiger charge is -1.99. The second-order valence-electron chi connectivity index (χ2n) is 3.33. The van der Waals surface area contributed by atoms with Gasteiger partial charge in [-0.15, -0.1) is 0 Å². The minimum Gasteiger partial charge on any atom is -0.440 e. The van der Waals surface area contributed by atoms with E-state index in [0.29, 0.717) is 5.92 Å². The molecule has 2 nitrogen and oxygen atoms in total. The van der Waals surface area contributed by atoms with Crippen LogP contribution in [0.3, 0.4) is 0 Å². The fourth-order valence-corrected chi connectivity index (χ4v) is 1.28. The molecule has 0 amide bonds. The average Bonchev–Trinajstić information content (AvgIpc) is 2.59. The minimum atomic E-state index is 0.410. The molecule has 68 valence electrons. The Morgan fingerprint density at radius 2 is 2.15 bits per heavy atom. The highest BCUT2D eigenvalue weighted by atomic mass is 16.3. The summed E-state index contributed by atoms with van der Waals surface area (Å²) in [4.78, 5) is 4.42. The summed E-state index contributed by atoms with van der Waals surface area (Å²) >= 11 is 0.